The SMILES string of the molecule is CC.CC(C)c1ccc2c(c1)C=CCC2. The van der Waals surface area contributed by atoms with Crippen molar-refractivity contribution in [1.29, 1.82) is 0 Å². The van der Waals surface area contributed by atoms with E-state index >= 15 is 0 Å². The van der Waals surface area contributed by atoms with Crippen LogP contribution < -0.4 is 0 Å². The zero-order valence-corrected chi connectivity index (χ0v) is 10.4. The van der Waals surface area contributed by atoms with E-state index in [0.717, 1.165) is 0 Å². The van der Waals surface area contributed by atoms with Crippen LogP contribution in [0.2, 0.25) is 0 Å². The Morgan fingerprint density at radius 3 is 2.53 bits per heavy atom. The molecular weight excluding hydrogens is 180 g/mol. The summed E-state index contributed by atoms with van der Waals surface area (Å²) in [7, 11) is 0. The summed E-state index contributed by atoms with van der Waals surface area (Å²) in [5.41, 5.74) is 4.38. The van der Waals surface area contributed by atoms with E-state index in [4.69, 9.17) is 0 Å². The number of benzene rings is 1. The minimum Gasteiger partial charge on any atom is -0.0836 e. The Morgan fingerprint density at radius 2 is 1.87 bits per heavy atom. The quantitative estimate of drug-likeness (QED) is 0.614. The van der Waals surface area contributed by atoms with E-state index in [9.17, 15) is 0 Å². The van der Waals surface area contributed by atoms with Gasteiger partial charge in [-0.2, -0.15) is 0 Å². The van der Waals surface area contributed by atoms with Crippen LogP contribution >= 0.6 is 0 Å². The van der Waals surface area contributed by atoms with E-state index in [2.05, 4.69) is 44.2 Å². The van der Waals surface area contributed by atoms with Crippen LogP contribution in [0, 0.1) is 0 Å². The Morgan fingerprint density at radius 1 is 1.13 bits per heavy atom. The number of hydrogen-bond acceptors (Lipinski definition) is 0. The Hall–Kier alpha value is -1.04. The van der Waals surface area contributed by atoms with E-state index in [0.29, 0.717) is 5.92 Å². The van der Waals surface area contributed by atoms with Crippen LogP contribution in [-0.2, 0) is 6.42 Å². The number of allylic oxidation sites excluding steroid dienone is 1. The second kappa shape index (κ2) is 5.75. The second-order valence-corrected chi connectivity index (χ2v) is 4.05. The highest BCUT2D eigenvalue weighted by molar-refractivity contribution is 5.57. The van der Waals surface area contributed by atoms with Crippen molar-refractivity contribution in [2.24, 2.45) is 0 Å². The van der Waals surface area contributed by atoms with E-state index in [-0.39, 0.29) is 0 Å². The van der Waals surface area contributed by atoms with Crippen LogP contribution in [0.4, 0.5) is 0 Å². The van der Waals surface area contributed by atoms with Crippen LogP contribution in [0.15, 0.2) is 24.3 Å². The predicted molar refractivity (Wildman–Crippen MR) is 69.2 cm³/mol. The lowest BCUT2D eigenvalue weighted by molar-refractivity contribution is 0.861. The molecule has 1 aromatic rings. The first-order valence-corrected chi connectivity index (χ1v) is 6.07. The molecule has 0 aromatic heterocycles. The maximum absolute atomic E-state index is 2.33. The molecule has 0 saturated carbocycles. The van der Waals surface area contributed by atoms with E-state index in [1.165, 1.54) is 29.5 Å². The number of aryl methyl sites for hydroxylation is 1. The van der Waals surface area contributed by atoms with Crippen LogP contribution in [0.1, 0.15) is 56.7 Å². The maximum atomic E-state index is 2.33. The van der Waals surface area contributed by atoms with E-state index < -0.39 is 0 Å². The third-order valence-electron chi connectivity index (χ3n) is 2.71. The topological polar surface area (TPSA) is 0 Å². The molecule has 0 N–H and O–H groups in total. The fraction of sp³-hybridized carbons (Fsp3) is 0.467. The molecule has 1 aliphatic rings. The number of hydrogen-bond donors (Lipinski definition) is 0. The maximum Gasteiger partial charge on any atom is -0.0219 e. The molecule has 15 heavy (non-hydrogen) atoms. The third-order valence-corrected chi connectivity index (χ3v) is 2.71. The average molecular weight is 202 g/mol. The summed E-state index contributed by atoms with van der Waals surface area (Å²) in [6.07, 6.45) is 6.94. The largest absolute Gasteiger partial charge is 0.0836 e. The lowest BCUT2D eigenvalue weighted by Crippen LogP contribution is -1.96. The highest BCUT2D eigenvalue weighted by Crippen LogP contribution is 2.23. The molecule has 0 spiro atoms. The van der Waals surface area contributed by atoms with Crippen molar-refractivity contribution in [2.45, 2.75) is 46.5 Å². The second-order valence-electron chi connectivity index (χ2n) is 4.05. The average Bonchev–Trinajstić information content (AvgIpc) is 2.31. The first-order chi connectivity index (χ1) is 7.27. The Bertz CT molecular complexity index is 332. The van der Waals surface area contributed by atoms with Gasteiger partial charge in [0.2, 0.25) is 0 Å². The summed E-state index contributed by atoms with van der Waals surface area (Å²) in [4.78, 5) is 0. The van der Waals surface area contributed by atoms with Gasteiger partial charge in [-0.3, -0.25) is 0 Å². The van der Waals surface area contributed by atoms with Crippen molar-refractivity contribution >= 4 is 6.08 Å². The Kier molecular flexibility index (Phi) is 4.61. The minimum atomic E-state index is 0.639. The van der Waals surface area contributed by atoms with Crippen LogP contribution in [-0.4, -0.2) is 0 Å². The van der Waals surface area contributed by atoms with Crippen LogP contribution in [0.5, 0.6) is 0 Å². The molecule has 0 unspecified atom stereocenters. The van der Waals surface area contributed by atoms with Crippen molar-refractivity contribution in [3.05, 3.63) is 41.0 Å². The molecule has 82 valence electrons. The summed E-state index contributed by atoms with van der Waals surface area (Å²) >= 11 is 0. The summed E-state index contributed by atoms with van der Waals surface area (Å²) in [6.45, 7) is 8.49. The standard InChI is InChI=1S/C13H16.C2H6/c1-10(2)12-8-7-11-5-3-4-6-13(11)9-12;1-2/h4,6-10H,3,5H2,1-2H3;1-2H3. The Labute approximate surface area is 94.0 Å². The molecule has 0 nitrogen and oxygen atoms in total. The lowest BCUT2D eigenvalue weighted by Gasteiger charge is -2.13. The molecule has 2 rings (SSSR count). The van der Waals surface area contributed by atoms with Crippen molar-refractivity contribution in [2.75, 3.05) is 0 Å². The third kappa shape index (κ3) is 2.95. The van der Waals surface area contributed by atoms with Gasteiger partial charge in [-0.15, -0.1) is 0 Å². The molecule has 0 heteroatoms. The summed E-state index contributed by atoms with van der Waals surface area (Å²) in [6, 6.07) is 6.88. The highest BCUT2D eigenvalue weighted by atomic mass is 14.1. The predicted octanol–water partition coefficient (Wildman–Crippen LogP) is 4.80. The Balaban J connectivity index is 0.000000531. The minimum absolute atomic E-state index is 0.639. The molecule has 0 radical (unpaired) electrons. The summed E-state index contributed by atoms with van der Waals surface area (Å²) in [5.74, 6) is 0.639. The zero-order valence-electron chi connectivity index (χ0n) is 10.4. The van der Waals surface area contributed by atoms with Crippen molar-refractivity contribution in [3.63, 3.8) is 0 Å². The van der Waals surface area contributed by atoms with Crippen LogP contribution in [0.3, 0.4) is 0 Å². The molecule has 1 aliphatic carbocycles. The van der Waals surface area contributed by atoms with Gasteiger partial charge in [0.1, 0.15) is 0 Å². The molecule has 0 atom stereocenters. The van der Waals surface area contributed by atoms with Gasteiger partial charge in [0.25, 0.3) is 0 Å². The number of fused-ring (bicyclic) bond motifs is 1. The van der Waals surface area contributed by atoms with Crippen molar-refractivity contribution < 1.29 is 0 Å². The highest BCUT2D eigenvalue weighted by Gasteiger charge is 2.06. The normalized spacial score (nSPS) is 13.1. The van der Waals surface area contributed by atoms with Crippen molar-refractivity contribution in [3.8, 4) is 0 Å². The van der Waals surface area contributed by atoms with Gasteiger partial charge in [0.15, 0.2) is 0 Å². The van der Waals surface area contributed by atoms with Gasteiger partial charge in [0, 0.05) is 0 Å². The molecular formula is C15H22. The van der Waals surface area contributed by atoms with Gasteiger partial charge in [-0.25, -0.2) is 0 Å². The summed E-state index contributed by atoms with van der Waals surface area (Å²) < 4.78 is 0. The number of rotatable bonds is 1. The van der Waals surface area contributed by atoms with Gasteiger partial charge in [0.05, 0.1) is 0 Å². The smallest absolute Gasteiger partial charge is 0.0219 e. The molecule has 0 amide bonds. The molecule has 0 fully saturated rings. The van der Waals surface area contributed by atoms with Gasteiger partial charge in [-0.1, -0.05) is 58.0 Å². The monoisotopic (exact) mass is 202 g/mol. The molecule has 0 aliphatic heterocycles. The molecule has 0 saturated heterocycles. The molecule has 0 heterocycles. The fourth-order valence-electron chi connectivity index (χ4n) is 1.80. The van der Waals surface area contributed by atoms with Gasteiger partial charge >= 0.3 is 0 Å². The van der Waals surface area contributed by atoms with Gasteiger partial charge in [-0.05, 0) is 35.4 Å². The van der Waals surface area contributed by atoms with E-state index in [1.807, 2.05) is 13.8 Å². The summed E-state index contributed by atoms with van der Waals surface area (Å²) in [5, 5.41) is 0. The first-order valence-electron chi connectivity index (χ1n) is 6.07. The van der Waals surface area contributed by atoms with Crippen molar-refractivity contribution in [1.82, 2.24) is 0 Å². The first kappa shape index (κ1) is 12.0. The van der Waals surface area contributed by atoms with Crippen LogP contribution in [0.25, 0.3) is 6.08 Å². The lowest BCUT2D eigenvalue weighted by atomic mass is 9.92. The molecule has 0 bridgehead atoms. The van der Waals surface area contributed by atoms with E-state index in [1.54, 1.807) is 0 Å². The zero-order chi connectivity index (χ0) is 11.3. The fourth-order valence-corrected chi connectivity index (χ4v) is 1.80. The van der Waals surface area contributed by atoms with Gasteiger partial charge < -0.3 is 0 Å². The molecule has 1 aromatic carbocycles.